The molecule has 1 N–H and O–H groups in total. The van der Waals surface area contributed by atoms with Gasteiger partial charge in [-0.25, -0.2) is 8.42 Å². The second-order valence-corrected chi connectivity index (χ2v) is 11.3. The van der Waals surface area contributed by atoms with Crippen LogP contribution in [0.2, 0.25) is 5.02 Å². The van der Waals surface area contributed by atoms with Crippen molar-refractivity contribution in [2.45, 2.75) is 46.7 Å². The van der Waals surface area contributed by atoms with Gasteiger partial charge in [0.05, 0.1) is 18.6 Å². The number of carbonyl (C=O) groups excluding carboxylic acids is 2. The summed E-state index contributed by atoms with van der Waals surface area (Å²) in [6, 6.07) is 12.7. The number of rotatable bonds is 13. The Morgan fingerprint density at radius 1 is 1.03 bits per heavy atom. The summed E-state index contributed by atoms with van der Waals surface area (Å²) in [6.45, 7) is 8.27. The maximum absolute atomic E-state index is 13.6. The molecule has 0 aliphatic heterocycles. The fourth-order valence-corrected chi connectivity index (χ4v) is 4.59. The van der Waals surface area contributed by atoms with Crippen molar-refractivity contribution in [3.8, 4) is 5.75 Å². The molecule has 0 bridgehead atoms. The lowest BCUT2D eigenvalue weighted by Gasteiger charge is -2.33. The van der Waals surface area contributed by atoms with Crippen LogP contribution in [0.5, 0.6) is 5.75 Å². The number of ether oxygens (including phenoxy) is 1. The monoisotopic (exact) mass is 537 g/mol. The van der Waals surface area contributed by atoms with E-state index >= 15 is 0 Å². The van der Waals surface area contributed by atoms with Crippen molar-refractivity contribution in [3.63, 3.8) is 0 Å². The van der Waals surface area contributed by atoms with Crippen molar-refractivity contribution in [1.82, 2.24) is 10.2 Å². The minimum atomic E-state index is -3.80. The number of halogens is 1. The van der Waals surface area contributed by atoms with E-state index in [1.807, 2.05) is 27.7 Å². The molecule has 2 aromatic carbocycles. The van der Waals surface area contributed by atoms with E-state index in [1.54, 1.807) is 48.5 Å². The lowest BCUT2D eigenvalue weighted by atomic mass is 10.1. The lowest BCUT2D eigenvalue weighted by molar-refractivity contribution is -0.140. The number of nitrogens with zero attached hydrogens (tertiary/aromatic N) is 2. The van der Waals surface area contributed by atoms with Crippen LogP contribution in [0, 0.1) is 5.92 Å². The molecule has 0 radical (unpaired) electrons. The Kier molecular flexibility index (Phi) is 11.0. The number of sulfonamides is 1. The first-order chi connectivity index (χ1) is 17.0. The molecule has 0 unspecified atom stereocenters. The van der Waals surface area contributed by atoms with Crippen LogP contribution in [0.1, 0.15) is 39.7 Å². The summed E-state index contributed by atoms with van der Waals surface area (Å²) in [5.74, 6) is 0.0711. The maximum Gasteiger partial charge on any atom is 0.244 e. The van der Waals surface area contributed by atoms with Crippen LogP contribution in [-0.2, 0) is 26.2 Å². The third kappa shape index (κ3) is 8.71. The number of carbonyl (C=O) groups is 2. The molecule has 8 nitrogen and oxygen atoms in total. The topological polar surface area (TPSA) is 96.0 Å². The standard InChI is InChI=1S/C26H36ClN3O5S/c1-6-24(26(32)28-16-19(3)4)29(17-20-8-10-21(27)11-9-20)25(31)18-30(36(5,33)34)22-12-14-23(15-13-22)35-7-2/h8-15,19,24H,6-7,16-18H2,1-5H3,(H,28,32)/t24-/m0/s1. The summed E-state index contributed by atoms with van der Waals surface area (Å²) in [5, 5.41) is 3.45. The average Bonchev–Trinajstić information content (AvgIpc) is 2.82. The molecule has 198 valence electrons. The largest absolute Gasteiger partial charge is 0.494 e. The minimum Gasteiger partial charge on any atom is -0.494 e. The van der Waals surface area contributed by atoms with Crippen molar-refractivity contribution < 1.29 is 22.7 Å². The quantitative estimate of drug-likeness (QED) is 0.415. The van der Waals surface area contributed by atoms with Crippen molar-refractivity contribution in [3.05, 3.63) is 59.1 Å². The molecule has 0 saturated heterocycles. The summed E-state index contributed by atoms with van der Waals surface area (Å²) in [6.07, 6.45) is 1.41. The molecule has 36 heavy (non-hydrogen) atoms. The molecule has 0 saturated carbocycles. The van der Waals surface area contributed by atoms with Gasteiger partial charge in [0.1, 0.15) is 18.3 Å². The van der Waals surface area contributed by atoms with Crippen LogP contribution in [0.3, 0.4) is 0 Å². The molecule has 0 heterocycles. The predicted molar refractivity (Wildman–Crippen MR) is 144 cm³/mol. The summed E-state index contributed by atoms with van der Waals surface area (Å²) < 4.78 is 31.8. The highest BCUT2D eigenvalue weighted by atomic mass is 35.5. The van der Waals surface area contributed by atoms with Gasteiger partial charge in [0.25, 0.3) is 0 Å². The predicted octanol–water partition coefficient (Wildman–Crippen LogP) is 4.08. The molecule has 2 amide bonds. The van der Waals surface area contributed by atoms with Crippen LogP contribution in [-0.4, -0.2) is 57.1 Å². The molecule has 10 heteroatoms. The first kappa shape index (κ1) is 29.5. The Morgan fingerprint density at radius 3 is 2.14 bits per heavy atom. The Morgan fingerprint density at radius 2 is 1.64 bits per heavy atom. The SMILES string of the molecule is CCOc1ccc(N(CC(=O)N(Cc2ccc(Cl)cc2)[C@@H](CC)C(=O)NCC(C)C)S(C)(=O)=O)cc1. The number of hydrogen-bond donors (Lipinski definition) is 1. The van der Waals surface area contributed by atoms with Gasteiger partial charge in [0.15, 0.2) is 0 Å². The number of hydrogen-bond acceptors (Lipinski definition) is 5. The molecule has 0 aliphatic carbocycles. The Balaban J connectivity index is 2.39. The molecule has 0 spiro atoms. The third-order valence-corrected chi connectivity index (χ3v) is 6.84. The van der Waals surface area contributed by atoms with Crippen LogP contribution in [0.25, 0.3) is 0 Å². The maximum atomic E-state index is 13.6. The van der Waals surface area contributed by atoms with Crippen LogP contribution < -0.4 is 14.4 Å². The first-order valence-corrected chi connectivity index (χ1v) is 14.2. The van der Waals surface area contributed by atoms with E-state index in [2.05, 4.69) is 5.32 Å². The zero-order valence-electron chi connectivity index (χ0n) is 21.5. The fraction of sp³-hybridized carbons (Fsp3) is 0.462. The first-order valence-electron chi connectivity index (χ1n) is 12.0. The molecular formula is C26H36ClN3O5S. The van der Waals surface area contributed by atoms with Gasteiger partial charge in [0.2, 0.25) is 21.8 Å². The molecule has 0 aliphatic rings. The van der Waals surface area contributed by atoms with Gasteiger partial charge < -0.3 is 15.0 Å². The second kappa shape index (κ2) is 13.5. The number of anilines is 1. The van der Waals surface area contributed by atoms with Gasteiger partial charge in [-0.3, -0.25) is 13.9 Å². The highest BCUT2D eigenvalue weighted by molar-refractivity contribution is 7.92. The highest BCUT2D eigenvalue weighted by Gasteiger charge is 2.31. The Bertz CT molecular complexity index is 1110. The molecule has 0 fully saturated rings. The Labute approximate surface area is 219 Å². The van der Waals surface area contributed by atoms with Crippen LogP contribution in [0.15, 0.2) is 48.5 Å². The van der Waals surface area contributed by atoms with Gasteiger partial charge in [-0.05, 0) is 61.2 Å². The number of nitrogens with one attached hydrogen (secondary N) is 1. The van der Waals surface area contributed by atoms with Gasteiger partial charge in [-0.15, -0.1) is 0 Å². The van der Waals surface area contributed by atoms with E-state index in [9.17, 15) is 18.0 Å². The Hall–Kier alpha value is -2.78. The van der Waals surface area contributed by atoms with E-state index in [1.165, 1.54) is 4.90 Å². The zero-order chi connectivity index (χ0) is 26.9. The van der Waals surface area contributed by atoms with E-state index < -0.39 is 28.5 Å². The van der Waals surface area contributed by atoms with Crippen molar-refractivity contribution >= 4 is 39.1 Å². The lowest BCUT2D eigenvalue weighted by Crippen LogP contribution is -2.52. The van der Waals surface area contributed by atoms with E-state index in [-0.39, 0.29) is 18.4 Å². The van der Waals surface area contributed by atoms with Crippen molar-refractivity contribution in [2.24, 2.45) is 5.92 Å². The smallest absolute Gasteiger partial charge is 0.244 e. The number of amides is 2. The average molecular weight is 538 g/mol. The van der Waals surface area contributed by atoms with Gasteiger partial charge >= 0.3 is 0 Å². The fourth-order valence-electron chi connectivity index (χ4n) is 3.62. The van der Waals surface area contributed by atoms with Gasteiger partial charge in [0, 0.05) is 18.1 Å². The van der Waals surface area contributed by atoms with E-state index in [0.717, 1.165) is 16.1 Å². The third-order valence-electron chi connectivity index (χ3n) is 5.45. The molecule has 0 aromatic heterocycles. The molecular weight excluding hydrogens is 502 g/mol. The summed E-state index contributed by atoms with van der Waals surface area (Å²) in [7, 11) is -3.80. The van der Waals surface area contributed by atoms with E-state index in [0.29, 0.717) is 36.0 Å². The highest BCUT2D eigenvalue weighted by Crippen LogP contribution is 2.23. The van der Waals surface area contributed by atoms with Gasteiger partial charge in [-0.2, -0.15) is 0 Å². The molecule has 1 atom stereocenters. The molecule has 2 rings (SSSR count). The summed E-state index contributed by atoms with van der Waals surface area (Å²) in [5.41, 5.74) is 1.10. The van der Waals surface area contributed by atoms with Crippen molar-refractivity contribution in [1.29, 1.82) is 0 Å². The van der Waals surface area contributed by atoms with E-state index in [4.69, 9.17) is 16.3 Å². The summed E-state index contributed by atoms with van der Waals surface area (Å²) in [4.78, 5) is 28.1. The van der Waals surface area contributed by atoms with Crippen molar-refractivity contribution in [2.75, 3.05) is 30.3 Å². The zero-order valence-corrected chi connectivity index (χ0v) is 23.1. The summed E-state index contributed by atoms with van der Waals surface area (Å²) >= 11 is 6.01. The van der Waals surface area contributed by atoms with Crippen LogP contribution in [0.4, 0.5) is 5.69 Å². The minimum absolute atomic E-state index is 0.129. The normalized spacial score (nSPS) is 12.2. The van der Waals surface area contributed by atoms with Gasteiger partial charge in [-0.1, -0.05) is 44.5 Å². The number of benzene rings is 2. The molecule has 2 aromatic rings. The second-order valence-electron chi connectivity index (χ2n) is 8.91. The van der Waals surface area contributed by atoms with Crippen LogP contribution >= 0.6 is 11.6 Å².